The SMILES string of the molecule is COc1ccc(C(F)(F)F)cc1Nc1nccc(-c2cc(C#N)c3c(c2)C(C)(CO)CN3)n1. The molecule has 2 heterocycles. The van der Waals surface area contributed by atoms with Gasteiger partial charge in [0.05, 0.1) is 41.9 Å². The summed E-state index contributed by atoms with van der Waals surface area (Å²) in [6.07, 6.45) is -3.05. The van der Waals surface area contributed by atoms with Crippen LogP contribution in [0.5, 0.6) is 5.75 Å². The number of alkyl halides is 3. The summed E-state index contributed by atoms with van der Waals surface area (Å²) in [5.74, 6) is 0.262. The molecular weight excluding hydrogens is 435 g/mol. The Morgan fingerprint density at radius 2 is 2.06 bits per heavy atom. The van der Waals surface area contributed by atoms with E-state index < -0.39 is 17.2 Å². The van der Waals surface area contributed by atoms with E-state index in [-0.39, 0.29) is 24.0 Å². The Morgan fingerprint density at radius 1 is 1.27 bits per heavy atom. The third-order valence-corrected chi connectivity index (χ3v) is 5.64. The number of hydrogen-bond acceptors (Lipinski definition) is 7. The number of benzene rings is 2. The minimum Gasteiger partial charge on any atom is -0.495 e. The summed E-state index contributed by atoms with van der Waals surface area (Å²) in [6.45, 7) is 2.28. The Morgan fingerprint density at radius 3 is 2.73 bits per heavy atom. The fraction of sp³-hybridized carbons (Fsp3) is 0.261. The molecule has 0 spiro atoms. The Balaban J connectivity index is 1.74. The number of hydrogen-bond donors (Lipinski definition) is 3. The highest BCUT2D eigenvalue weighted by atomic mass is 19.4. The molecule has 4 rings (SSSR count). The molecule has 0 saturated carbocycles. The van der Waals surface area contributed by atoms with Crippen LogP contribution in [0.15, 0.2) is 42.6 Å². The number of fused-ring (bicyclic) bond motifs is 1. The standard InChI is InChI=1S/C23H20F3N5O2/c1-22(12-32)11-29-20-14(10-27)7-13(8-16(20)22)17-5-6-28-21(30-17)31-18-9-15(23(24,25)26)3-4-19(18)33-2/h3-9,29,32H,11-12H2,1-2H3,(H,28,30,31). The summed E-state index contributed by atoms with van der Waals surface area (Å²) in [7, 11) is 1.35. The maximum Gasteiger partial charge on any atom is 0.416 e. The van der Waals surface area contributed by atoms with Crippen LogP contribution >= 0.6 is 0 Å². The van der Waals surface area contributed by atoms with Crippen LogP contribution in [0.3, 0.4) is 0 Å². The zero-order valence-electron chi connectivity index (χ0n) is 17.8. The van der Waals surface area contributed by atoms with E-state index in [1.807, 2.05) is 13.0 Å². The number of anilines is 3. The number of ether oxygens (including phenoxy) is 1. The van der Waals surface area contributed by atoms with Crippen molar-refractivity contribution in [3.8, 4) is 23.1 Å². The Bertz CT molecular complexity index is 1260. The number of nitriles is 1. The monoisotopic (exact) mass is 455 g/mol. The average Bonchev–Trinajstić information content (AvgIpc) is 3.15. The number of aliphatic hydroxyl groups excluding tert-OH is 1. The molecule has 0 radical (unpaired) electrons. The van der Waals surface area contributed by atoms with Crippen LogP contribution in [0.4, 0.5) is 30.5 Å². The molecule has 0 aliphatic carbocycles. The molecule has 2 aromatic carbocycles. The molecule has 7 nitrogen and oxygen atoms in total. The molecule has 1 aliphatic rings. The number of halogens is 3. The number of nitrogens with zero attached hydrogens (tertiary/aromatic N) is 3. The summed E-state index contributed by atoms with van der Waals surface area (Å²) < 4.78 is 44.6. The van der Waals surface area contributed by atoms with Crippen molar-refractivity contribution in [1.29, 1.82) is 5.26 Å². The maximum atomic E-state index is 13.2. The van der Waals surface area contributed by atoms with E-state index in [0.29, 0.717) is 29.1 Å². The fourth-order valence-electron chi connectivity index (χ4n) is 3.75. The quantitative estimate of drug-likeness (QED) is 0.522. The smallest absolute Gasteiger partial charge is 0.416 e. The highest BCUT2D eigenvalue weighted by molar-refractivity contribution is 5.76. The summed E-state index contributed by atoms with van der Waals surface area (Å²) in [5.41, 5.74) is 1.64. The molecule has 0 amide bonds. The van der Waals surface area contributed by atoms with E-state index in [1.165, 1.54) is 19.4 Å². The van der Waals surface area contributed by atoms with Crippen LogP contribution in [0.25, 0.3) is 11.3 Å². The third kappa shape index (κ3) is 4.15. The first-order valence-corrected chi connectivity index (χ1v) is 9.97. The molecule has 3 aromatic rings. The van der Waals surface area contributed by atoms with E-state index in [9.17, 15) is 23.5 Å². The van der Waals surface area contributed by atoms with E-state index >= 15 is 0 Å². The largest absolute Gasteiger partial charge is 0.495 e. The number of rotatable bonds is 5. The summed E-state index contributed by atoms with van der Waals surface area (Å²) in [4.78, 5) is 8.54. The molecule has 0 saturated heterocycles. The van der Waals surface area contributed by atoms with Crippen molar-refractivity contribution < 1.29 is 23.0 Å². The lowest BCUT2D eigenvalue weighted by molar-refractivity contribution is -0.137. The van der Waals surface area contributed by atoms with Gasteiger partial charge in [-0.15, -0.1) is 0 Å². The predicted molar refractivity (Wildman–Crippen MR) is 116 cm³/mol. The first-order chi connectivity index (χ1) is 15.7. The van der Waals surface area contributed by atoms with Gasteiger partial charge in [-0.2, -0.15) is 18.4 Å². The van der Waals surface area contributed by atoms with Crippen LogP contribution in [0, 0.1) is 11.3 Å². The average molecular weight is 455 g/mol. The predicted octanol–water partition coefficient (Wildman–Crippen LogP) is 4.46. The van der Waals surface area contributed by atoms with E-state index in [0.717, 1.165) is 17.7 Å². The highest BCUT2D eigenvalue weighted by Crippen LogP contribution is 2.41. The van der Waals surface area contributed by atoms with Gasteiger partial charge >= 0.3 is 6.18 Å². The first-order valence-electron chi connectivity index (χ1n) is 9.97. The first kappa shape index (κ1) is 22.4. The number of aliphatic hydroxyl groups is 1. The zero-order valence-corrected chi connectivity index (χ0v) is 17.8. The van der Waals surface area contributed by atoms with Gasteiger partial charge in [0.2, 0.25) is 5.95 Å². The molecule has 3 N–H and O–H groups in total. The normalized spacial score (nSPS) is 17.1. The lowest BCUT2D eigenvalue weighted by Gasteiger charge is -2.21. The fourth-order valence-corrected chi connectivity index (χ4v) is 3.75. The van der Waals surface area contributed by atoms with Gasteiger partial charge in [0.15, 0.2) is 0 Å². The number of aromatic nitrogens is 2. The van der Waals surface area contributed by atoms with Gasteiger partial charge in [0, 0.05) is 23.7 Å². The van der Waals surface area contributed by atoms with Gasteiger partial charge in [0.25, 0.3) is 0 Å². The van der Waals surface area contributed by atoms with E-state index in [4.69, 9.17) is 4.74 Å². The van der Waals surface area contributed by atoms with Gasteiger partial charge in [-0.3, -0.25) is 0 Å². The maximum absolute atomic E-state index is 13.2. The van der Waals surface area contributed by atoms with E-state index in [1.54, 1.807) is 12.1 Å². The molecule has 1 aliphatic heterocycles. The lowest BCUT2D eigenvalue weighted by atomic mass is 9.83. The summed E-state index contributed by atoms with van der Waals surface area (Å²) in [5, 5.41) is 25.5. The van der Waals surface area contributed by atoms with Crippen LogP contribution in [0.2, 0.25) is 0 Å². The molecule has 170 valence electrons. The third-order valence-electron chi connectivity index (χ3n) is 5.64. The molecule has 1 unspecified atom stereocenters. The van der Waals surface area contributed by atoms with Gasteiger partial charge in [-0.1, -0.05) is 6.92 Å². The number of methoxy groups -OCH3 is 1. The Labute approximate surface area is 187 Å². The molecule has 33 heavy (non-hydrogen) atoms. The van der Waals surface area contributed by atoms with Crippen molar-refractivity contribution in [1.82, 2.24) is 9.97 Å². The summed E-state index contributed by atoms with van der Waals surface area (Å²) >= 11 is 0. The van der Waals surface area contributed by atoms with Crippen LogP contribution < -0.4 is 15.4 Å². The second-order valence-electron chi connectivity index (χ2n) is 7.93. The lowest BCUT2D eigenvalue weighted by Crippen LogP contribution is -2.28. The molecule has 1 aromatic heterocycles. The van der Waals surface area contributed by atoms with Gasteiger partial charge in [-0.05, 0) is 42.0 Å². The minimum atomic E-state index is -4.52. The van der Waals surface area contributed by atoms with Gasteiger partial charge in [0.1, 0.15) is 11.8 Å². The zero-order chi connectivity index (χ0) is 23.8. The highest BCUT2D eigenvalue weighted by Gasteiger charge is 2.36. The second-order valence-corrected chi connectivity index (χ2v) is 7.93. The van der Waals surface area contributed by atoms with Crippen LogP contribution in [0.1, 0.15) is 23.6 Å². The van der Waals surface area contributed by atoms with Crippen molar-refractivity contribution in [3.05, 3.63) is 59.3 Å². The van der Waals surface area contributed by atoms with Gasteiger partial charge in [-0.25, -0.2) is 9.97 Å². The minimum absolute atomic E-state index is 0.0622. The van der Waals surface area contributed by atoms with Crippen molar-refractivity contribution in [2.45, 2.75) is 18.5 Å². The Kier molecular flexibility index (Phi) is 5.59. The van der Waals surface area contributed by atoms with Crippen LogP contribution in [-0.2, 0) is 11.6 Å². The van der Waals surface area contributed by atoms with Crippen molar-refractivity contribution in [2.75, 3.05) is 30.9 Å². The molecule has 10 heteroatoms. The van der Waals surface area contributed by atoms with Crippen molar-refractivity contribution >= 4 is 17.3 Å². The molecule has 1 atom stereocenters. The molecule has 0 fully saturated rings. The molecular formula is C23H20F3N5O2. The van der Waals surface area contributed by atoms with Gasteiger partial charge < -0.3 is 20.5 Å². The van der Waals surface area contributed by atoms with Crippen molar-refractivity contribution in [3.63, 3.8) is 0 Å². The Hall–Kier alpha value is -3.84. The van der Waals surface area contributed by atoms with Crippen molar-refractivity contribution in [2.24, 2.45) is 0 Å². The van der Waals surface area contributed by atoms with E-state index in [2.05, 4.69) is 26.7 Å². The number of nitrogens with one attached hydrogen (secondary N) is 2. The molecule has 0 bridgehead atoms. The topological polar surface area (TPSA) is 103 Å². The second kappa shape index (κ2) is 8.26. The summed E-state index contributed by atoms with van der Waals surface area (Å²) in [6, 6.07) is 10.4. The van der Waals surface area contributed by atoms with Crippen LogP contribution in [-0.4, -0.2) is 35.3 Å².